The quantitative estimate of drug-likeness (QED) is 0.834. The molecule has 0 aliphatic heterocycles. The molecule has 0 amide bonds. The van der Waals surface area contributed by atoms with Gasteiger partial charge in [-0.15, -0.1) is 0 Å². The summed E-state index contributed by atoms with van der Waals surface area (Å²) >= 11 is 2.17. The number of nitrogens with zero attached hydrogens (tertiary/aromatic N) is 2. The third kappa shape index (κ3) is 2.57. The number of anilines is 1. The zero-order valence-electron chi connectivity index (χ0n) is 8.41. The number of halogens is 1. The lowest BCUT2D eigenvalue weighted by Gasteiger charge is -2.27. The first-order valence-electron chi connectivity index (χ1n) is 5.11. The molecule has 0 spiro atoms. The Labute approximate surface area is 103 Å². The van der Waals surface area contributed by atoms with Gasteiger partial charge >= 0.3 is 0 Å². The Morgan fingerprint density at radius 3 is 2.47 bits per heavy atom. The number of aliphatic hydroxyl groups is 1. The number of hydrogen-bond donors (Lipinski definition) is 2. The van der Waals surface area contributed by atoms with Crippen LogP contribution in [0.5, 0.6) is 0 Å². The first-order chi connectivity index (χ1) is 7.24. The lowest BCUT2D eigenvalue weighted by Crippen LogP contribution is -2.39. The van der Waals surface area contributed by atoms with Gasteiger partial charge in [0.05, 0.1) is 12.1 Å². The van der Waals surface area contributed by atoms with Crippen LogP contribution in [0.3, 0.4) is 0 Å². The van der Waals surface area contributed by atoms with Crippen LogP contribution in [-0.2, 0) is 0 Å². The van der Waals surface area contributed by atoms with Crippen molar-refractivity contribution in [1.29, 1.82) is 0 Å². The summed E-state index contributed by atoms with van der Waals surface area (Å²) in [6.45, 7) is 0.155. The molecule has 0 aromatic carbocycles. The van der Waals surface area contributed by atoms with Crippen molar-refractivity contribution in [3.05, 3.63) is 16.0 Å². The van der Waals surface area contributed by atoms with Crippen LogP contribution in [-0.4, -0.2) is 27.2 Å². The molecule has 1 heterocycles. The number of hydrogen-bond acceptors (Lipinski definition) is 4. The summed E-state index contributed by atoms with van der Waals surface area (Å²) in [4.78, 5) is 8.39. The number of nitrogens with one attached hydrogen (secondary N) is 1. The molecule has 82 valence electrons. The van der Waals surface area contributed by atoms with Gasteiger partial charge in [-0.1, -0.05) is 12.8 Å². The molecule has 0 atom stereocenters. The Hall–Kier alpha value is -0.430. The van der Waals surface area contributed by atoms with E-state index in [1.54, 1.807) is 12.4 Å². The molecule has 1 saturated carbocycles. The Bertz CT molecular complexity index is 322. The van der Waals surface area contributed by atoms with E-state index in [4.69, 9.17) is 0 Å². The Morgan fingerprint density at radius 1 is 1.33 bits per heavy atom. The zero-order valence-corrected chi connectivity index (χ0v) is 10.6. The maximum atomic E-state index is 9.41. The fraction of sp³-hybridized carbons (Fsp3) is 0.600. The van der Waals surface area contributed by atoms with Crippen LogP contribution in [0.15, 0.2) is 12.4 Å². The minimum absolute atomic E-state index is 0.155. The lowest BCUT2D eigenvalue weighted by molar-refractivity contribution is 0.213. The third-order valence-corrected chi connectivity index (χ3v) is 3.42. The van der Waals surface area contributed by atoms with Crippen LogP contribution in [0.1, 0.15) is 25.7 Å². The molecular formula is C10H14IN3O. The maximum Gasteiger partial charge on any atom is 0.223 e. The van der Waals surface area contributed by atoms with Crippen LogP contribution in [0.25, 0.3) is 0 Å². The van der Waals surface area contributed by atoms with E-state index in [0.29, 0.717) is 5.95 Å². The van der Waals surface area contributed by atoms with Gasteiger partial charge in [0.2, 0.25) is 5.95 Å². The fourth-order valence-corrected chi connectivity index (χ4v) is 2.27. The van der Waals surface area contributed by atoms with Gasteiger partial charge in [-0.3, -0.25) is 0 Å². The fourth-order valence-electron chi connectivity index (χ4n) is 1.99. The molecule has 1 aliphatic rings. The summed E-state index contributed by atoms with van der Waals surface area (Å²) in [6, 6.07) is 0. The smallest absolute Gasteiger partial charge is 0.223 e. The highest BCUT2D eigenvalue weighted by Gasteiger charge is 2.33. The van der Waals surface area contributed by atoms with E-state index in [9.17, 15) is 5.11 Å². The highest BCUT2D eigenvalue weighted by molar-refractivity contribution is 14.1. The second-order valence-electron chi connectivity index (χ2n) is 4.00. The van der Waals surface area contributed by atoms with Gasteiger partial charge in [-0.05, 0) is 35.4 Å². The third-order valence-electron chi connectivity index (χ3n) is 2.86. The Morgan fingerprint density at radius 2 is 1.93 bits per heavy atom. The zero-order chi connectivity index (χ0) is 10.7. The van der Waals surface area contributed by atoms with Gasteiger partial charge in [-0.25, -0.2) is 9.97 Å². The van der Waals surface area contributed by atoms with Crippen molar-refractivity contribution in [2.45, 2.75) is 31.2 Å². The highest BCUT2D eigenvalue weighted by Crippen LogP contribution is 2.31. The molecular weight excluding hydrogens is 305 g/mol. The van der Waals surface area contributed by atoms with Gasteiger partial charge in [0.1, 0.15) is 0 Å². The molecule has 1 aromatic heterocycles. The maximum absolute atomic E-state index is 9.41. The van der Waals surface area contributed by atoms with Crippen LogP contribution in [0, 0.1) is 3.57 Å². The summed E-state index contributed by atoms with van der Waals surface area (Å²) in [7, 11) is 0. The highest BCUT2D eigenvalue weighted by atomic mass is 127. The average molecular weight is 319 g/mol. The molecule has 15 heavy (non-hydrogen) atoms. The van der Waals surface area contributed by atoms with E-state index in [0.717, 1.165) is 29.3 Å². The summed E-state index contributed by atoms with van der Waals surface area (Å²) in [5.41, 5.74) is -0.188. The Kier molecular flexibility index (Phi) is 3.40. The second kappa shape index (κ2) is 4.61. The number of aliphatic hydroxyl groups excluding tert-OH is 1. The van der Waals surface area contributed by atoms with Gasteiger partial charge in [0.25, 0.3) is 0 Å². The largest absolute Gasteiger partial charge is 0.394 e. The minimum atomic E-state index is -0.188. The molecule has 1 aromatic rings. The molecule has 1 fully saturated rings. The topological polar surface area (TPSA) is 58.0 Å². The summed E-state index contributed by atoms with van der Waals surface area (Å²) in [5, 5.41) is 12.7. The van der Waals surface area contributed by atoms with E-state index in [1.165, 1.54) is 0 Å². The Balaban J connectivity index is 2.09. The average Bonchev–Trinajstić information content (AvgIpc) is 2.71. The number of aromatic nitrogens is 2. The summed E-state index contributed by atoms with van der Waals surface area (Å²) in [5.74, 6) is 0.617. The van der Waals surface area contributed by atoms with Crippen molar-refractivity contribution in [3.8, 4) is 0 Å². The first-order valence-corrected chi connectivity index (χ1v) is 6.19. The molecule has 5 heteroatoms. The molecule has 2 rings (SSSR count). The molecule has 0 unspecified atom stereocenters. The van der Waals surface area contributed by atoms with Gasteiger partial charge < -0.3 is 10.4 Å². The van der Waals surface area contributed by atoms with E-state index in [-0.39, 0.29) is 12.1 Å². The van der Waals surface area contributed by atoms with Crippen molar-refractivity contribution in [3.63, 3.8) is 0 Å². The minimum Gasteiger partial charge on any atom is -0.394 e. The van der Waals surface area contributed by atoms with Crippen molar-refractivity contribution in [2.24, 2.45) is 0 Å². The second-order valence-corrected chi connectivity index (χ2v) is 5.24. The predicted octanol–water partition coefficient (Wildman–Crippen LogP) is 1.80. The molecule has 0 bridgehead atoms. The first kappa shape index (κ1) is 11.1. The normalized spacial score (nSPS) is 19.1. The van der Waals surface area contributed by atoms with Gasteiger partial charge in [0, 0.05) is 16.0 Å². The van der Waals surface area contributed by atoms with E-state index < -0.39 is 0 Å². The monoisotopic (exact) mass is 319 g/mol. The van der Waals surface area contributed by atoms with E-state index in [1.807, 2.05) is 0 Å². The van der Waals surface area contributed by atoms with Gasteiger partial charge in [-0.2, -0.15) is 0 Å². The number of rotatable bonds is 3. The summed E-state index contributed by atoms with van der Waals surface area (Å²) < 4.78 is 1.02. The van der Waals surface area contributed by atoms with Crippen molar-refractivity contribution < 1.29 is 5.11 Å². The van der Waals surface area contributed by atoms with Crippen LogP contribution < -0.4 is 5.32 Å². The predicted molar refractivity (Wildman–Crippen MR) is 66.7 cm³/mol. The van der Waals surface area contributed by atoms with Crippen LogP contribution in [0.4, 0.5) is 5.95 Å². The summed E-state index contributed by atoms with van der Waals surface area (Å²) in [6.07, 6.45) is 7.87. The van der Waals surface area contributed by atoms with Crippen LogP contribution in [0.2, 0.25) is 0 Å². The lowest BCUT2D eigenvalue weighted by atomic mass is 9.99. The van der Waals surface area contributed by atoms with E-state index >= 15 is 0 Å². The molecule has 2 N–H and O–H groups in total. The van der Waals surface area contributed by atoms with Crippen molar-refractivity contribution in [1.82, 2.24) is 9.97 Å². The molecule has 0 radical (unpaired) electrons. The van der Waals surface area contributed by atoms with Crippen molar-refractivity contribution >= 4 is 28.5 Å². The van der Waals surface area contributed by atoms with E-state index in [2.05, 4.69) is 37.9 Å². The standard InChI is InChI=1S/C10H14IN3O/c11-8-5-12-9(13-6-8)14-10(7-15)3-1-2-4-10/h5-6,15H,1-4,7H2,(H,12,13,14). The van der Waals surface area contributed by atoms with Gasteiger partial charge in [0.15, 0.2) is 0 Å². The van der Waals surface area contributed by atoms with Crippen LogP contribution >= 0.6 is 22.6 Å². The van der Waals surface area contributed by atoms with Crippen molar-refractivity contribution in [2.75, 3.05) is 11.9 Å². The SMILES string of the molecule is OCC1(Nc2ncc(I)cn2)CCCC1. The molecule has 4 nitrogen and oxygen atoms in total. The molecule has 1 aliphatic carbocycles. The molecule has 0 saturated heterocycles.